The van der Waals surface area contributed by atoms with Crippen LogP contribution in [-0.2, 0) is 16.0 Å². The van der Waals surface area contributed by atoms with E-state index in [4.69, 9.17) is 0 Å². The molecule has 0 radical (unpaired) electrons. The normalized spacial score (nSPS) is 11.4. The van der Waals surface area contributed by atoms with Crippen molar-refractivity contribution in [1.82, 2.24) is 5.32 Å². The van der Waals surface area contributed by atoms with Crippen LogP contribution in [0.25, 0.3) is 0 Å². The summed E-state index contributed by atoms with van der Waals surface area (Å²) in [6, 6.07) is 5.41. The van der Waals surface area contributed by atoms with E-state index < -0.39 is 12.0 Å². The first-order valence-corrected chi connectivity index (χ1v) is 9.83. The van der Waals surface area contributed by atoms with Gasteiger partial charge in [-0.2, -0.15) is 0 Å². The fourth-order valence-corrected chi connectivity index (χ4v) is 2.93. The Hall–Kier alpha value is -1.04. The molecule has 6 heteroatoms. The summed E-state index contributed by atoms with van der Waals surface area (Å²) in [6.45, 7) is 2.21. The molecule has 27 heavy (non-hydrogen) atoms. The molecule has 1 atom stereocenters. The SMILES string of the molecule is CCCCCCCCCCCC(=O)N[C@@H](Cc1ccc(O)cc1)C(=O)O.[NaH]. The van der Waals surface area contributed by atoms with Crippen LogP contribution in [0.3, 0.4) is 0 Å². The first-order valence-electron chi connectivity index (χ1n) is 9.83. The molecule has 0 spiro atoms. The molecule has 0 heterocycles. The summed E-state index contributed by atoms with van der Waals surface area (Å²) in [7, 11) is 0. The number of aromatic hydroxyl groups is 1. The summed E-state index contributed by atoms with van der Waals surface area (Å²) in [5.41, 5.74) is 0.763. The predicted octanol–water partition coefficient (Wildman–Crippen LogP) is 3.78. The number of hydrogen-bond donors (Lipinski definition) is 3. The van der Waals surface area contributed by atoms with Gasteiger partial charge >= 0.3 is 35.5 Å². The molecule has 1 aromatic carbocycles. The van der Waals surface area contributed by atoms with Crippen molar-refractivity contribution in [2.24, 2.45) is 0 Å². The van der Waals surface area contributed by atoms with Gasteiger partial charge in [0.2, 0.25) is 5.91 Å². The molecule has 0 aliphatic rings. The molecule has 0 aromatic heterocycles. The molecule has 0 aliphatic carbocycles. The number of nitrogens with one attached hydrogen (secondary N) is 1. The number of unbranched alkanes of at least 4 members (excludes halogenated alkanes) is 8. The minimum absolute atomic E-state index is 0. The van der Waals surface area contributed by atoms with Gasteiger partial charge in [0.25, 0.3) is 0 Å². The van der Waals surface area contributed by atoms with Crippen LogP contribution < -0.4 is 5.32 Å². The van der Waals surface area contributed by atoms with E-state index in [2.05, 4.69) is 12.2 Å². The van der Waals surface area contributed by atoms with Gasteiger partial charge in [-0.3, -0.25) is 4.79 Å². The zero-order valence-electron chi connectivity index (χ0n) is 15.9. The quantitative estimate of drug-likeness (QED) is 0.335. The topological polar surface area (TPSA) is 86.6 Å². The van der Waals surface area contributed by atoms with Crippen molar-refractivity contribution in [3.05, 3.63) is 29.8 Å². The van der Waals surface area contributed by atoms with Crippen LogP contribution in [0.2, 0.25) is 0 Å². The second-order valence-corrected chi connectivity index (χ2v) is 6.91. The van der Waals surface area contributed by atoms with Crippen LogP contribution in [0.15, 0.2) is 24.3 Å². The number of phenols is 1. The van der Waals surface area contributed by atoms with Crippen molar-refractivity contribution in [1.29, 1.82) is 0 Å². The third kappa shape index (κ3) is 12.9. The maximum atomic E-state index is 12.0. The summed E-state index contributed by atoms with van der Waals surface area (Å²) in [4.78, 5) is 23.4. The number of carboxylic acid groups (broad SMARTS) is 1. The number of hydrogen-bond acceptors (Lipinski definition) is 3. The van der Waals surface area contributed by atoms with E-state index in [0.717, 1.165) is 24.8 Å². The van der Waals surface area contributed by atoms with Gasteiger partial charge in [0.15, 0.2) is 0 Å². The number of amides is 1. The summed E-state index contributed by atoms with van der Waals surface area (Å²) < 4.78 is 0. The Morgan fingerprint density at radius 2 is 1.44 bits per heavy atom. The molecule has 0 saturated carbocycles. The molecule has 0 saturated heterocycles. The third-order valence-electron chi connectivity index (χ3n) is 4.52. The Morgan fingerprint density at radius 3 is 1.96 bits per heavy atom. The second-order valence-electron chi connectivity index (χ2n) is 6.91. The molecule has 1 amide bonds. The van der Waals surface area contributed by atoms with E-state index in [1.807, 2.05) is 0 Å². The fourth-order valence-electron chi connectivity index (χ4n) is 2.93. The molecule has 0 bridgehead atoms. The van der Waals surface area contributed by atoms with Crippen LogP contribution in [0.4, 0.5) is 0 Å². The van der Waals surface area contributed by atoms with Crippen molar-refractivity contribution < 1.29 is 19.8 Å². The molecular weight excluding hydrogens is 353 g/mol. The van der Waals surface area contributed by atoms with Crippen molar-refractivity contribution in [2.75, 3.05) is 0 Å². The van der Waals surface area contributed by atoms with Crippen molar-refractivity contribution in [3.63, 3.8) is 0 Å². The van der Waals surface area contributed by atoms with Crippen LogP contribution in [0.1, 0.15) is 76.7 Å². The average Bonchev–Trinajstić information content (AvgIpc) is 2.61. The summed E-state index contributed by atoms with van der Waals surface area (Å²) in [5.74, 6) is -1.12. The zero-order chi connectivity index (χ0) is 19.2. The summed E-state index contributed by atoms with van der Waals surface area (Å²) >= 11 is 0. The Kier molecular flexibility index (Phi) is 15.3. The fraction of sp³-hybridized carbons (Fsp3) is 0.619. The summed E-state index contributed by atoms with van der Waals surface area (Å²) in [5, 5.41) is 21.2. The van der Waals surface area contributed by atoms with Crippen LogP contribution >= 0.6 is 0 Å². The standard InChI is InChI=1S/C21H33NO4.Na.H/c1-2-3-4-5-6-7-8-9-10-11-20(24)22-19(21(25)26)16-17-12-14-18(23)15-13-17;;/h12-15,19,23H,2-11,16H2,1H3,(H,22,24)(H,25,26);;/t19-;;/m0../s1. The van der Waals surface area contributed by atoms with E-state index in [1.165, 1.54) is 50.7 Å². The van der Waals surface area contributed by atoms with Gasteiger partial charge in [-0.1, -0.05) is 70.4 Å². The molecule has 1 aromatic rings. The van der Waals surface area contributed by atoms with Gasteiger partial charge in [-0.25, -0.2) is 4.79 Å². The molecule has 0 unspecified atom stereocenters. The number of carboxylic acids is 1. The van der Waals surface area contributed by atoms with E-state index in [9.17, 15) is 19.8 Å². The minimum atomic E-state index is -1.04. The average molecular weight is 387 g/mol. The Balaban J connectivity index is 0.00000676. The maximum absolute atomic E-state index is 12.0. The summed E-state index contributed by atoms with van der Waals surface area (Å²) in [6.07, 6.45) is 11.2. The first-order chi connectivity index (χ1) is 12.5. The van der Waals surface area contributed by atoms with Gasteiger partial charge in [-0.15, -0.1) is 0 Å². The van der Waals surface area contributed by atoms with Gasteiger partial charge in [0.1, 0.15) is 11.8 Å². The van der Waals surface area contributed by atoms with E-state index in [1.54, 1.807) is 12.1 Å². The van der Waals surface area contributed by atoms with Crippen LogP contribution in [0.5, 0.6) is 5.75 Å². The first kappa shape index (κ1) is 26.0. The van der Waals surface area contributed by atoms with Crippen LogP contribution in [0, 0.1) is 0 Å². The molecule has 1 rings (SSSR count). The monoisotopic (exact) mass is 387 g/mol. The molecule has 3 N–H and O–H groups in total. The molecule has 0 aliphatic heterocycles. The van der Waals surface area contributed by atoms with Gasteiger partial charge in [0.05, 0.1) is 0 Å². The Labute approximate surface area is 185 Å². The number of benzene rings is 1. The van der Waals surface area contributed by atoms with Gasteiger partial charge < -0.3 is 15.5 Å². The Morgan fingerprint density at radius 1 is 0.926 bits per heavy atom. The molecule has 0 fully saturated rings. The number of carbonyl (C=O) groups excluding carboxylic acids is 1. The van der Waals surface area contributed by atoms with Crippen molar-refractivity contribution in [2.45, 2.75) is 83.6 Å². The van der Waals surface area contributed by atoms with Gasteiger partial charge in [0, 0.05) is 12.8 Å². The zero-order valence-corrected chi connectivity index (χ0v) is 15.9. The van der Waals surface area contributed by atoms with Gasteiger partial charge in [-0.05, 0) is 24.1 Å². The molecule has 148 valence electrons. The van der Waals surface area contributed by atoms with E-state index in [0.29, 0.717) is 6.42 Å². The third-order valence-corrected chi connectivity index (χ3v) is 4.52. The van der Waals surface area contributed by atoms with Crippen LogP contribution in [-0.4, -0.2) is 57.7 Å². The second kappa shape index (κ2) is 16.0. The van der Waals surface area contributed by atoms with E-state index >= 15 is 0 Å². The number of aliphatic carboxylic acids is 1. The van der Waals surface area contributed by atoms with E-state index in [-0.39, 0.29) is 47.6 Å². The van der Waals surface area contributed by atoms with Crippen molar-refractivity contribution in [3.8, 4) is 5.75 Å². The number of phenolic OH excluding ortho intramolecular Hbond substituents is 1. The Bertz CT molecular complexity index is 533. The molecular formula is C21H34NNaO4. The molecule has 5 nitrogen and oxygen atoms in total. The predicted molar refractivity (Wildman–Crippen MR) is 110 cm³/mol. The number of carbonyl (C=O) groups is 2. The number of rotatable bonds is 14. The van der Waals surface area contributed by atoms with Crippen molar-refractivity contribution >= 4 is 41.4 Å².